The Morgan fingerprint density at radius 2 is 2.04 bits per heavy atom. The lowest BCUT2D eigenvalue weighted by atomic mass is 9.96. The maximum atomic E-state index is 13.0. The average Bonchev–Trinajstić information content (AvgIpc) is 3.16. The van der Waals surface area contributed by atoms with Gasteiger partial charge in [-0.3, -0.25) is 4.79 Å². The Hall–Kier alpha value is -3.22. The van der Waals surface area contributed by atoms with Gasteiger partial charge < -0.3 is 10.1 Å². The molecule has 1 atom stereocenters. The number of aryl methyl sites for hydroxylation is 2. The fourth-order valence-corrected chi connectivity index (χ4v) is 2.88. The molecule has 0 saturated carbocycles. The van der Waals surface area contributed by atoms with Crippen molar-refractivity contribution >= 4 is 11.6 Å². The van der Waals surface area contributed by atoms with E-state index in [1.807, 2.05) is 56.3 Å². The number of aromatic amines is 1. The van der Waals surface area contributed by atoms with Crippen LogP contribution in [0.2, 0.25) is 0 Å². The Morgan fingerprint density at radius 1 is 1.23 bits per heavy atom. The second-order valence-electron chi connectivity index (χ2n) is 6.15. The molecule has 1 aromatic heterocycles. The quantitative estimate of drug-likeness (QED) is 0.712. The number of H-pyrrole nitrogens is 1. The summed E-state index contributed by atoms with van der Waals surface area (Å²) >= 11 is 0. The second kappa shape index (κ2) is 7.77. The predicted octanol–water partition coefficient (Wildman–Crippen LogP) is 2.79. The van der Waals surface area contributed by atoms with E-state index in [9.17, 15) is 4.79 Å². The van der Waals surface area contributed by atoms with E-state index < -0.39 is 5.92 Å². The summed E-state index contributed by atoms with van der Waals surface area (Å²) in [5.41, 5.74) is 3.82. The number of tetrazole rings is 1. The van der Waals surface area contributed by atoms with Crippen LogP contribution in [-0.2, 0) is 11.2 Å². The van der Waals surface area contributed by atoms with Crippen molar-refractivity contribution in [2.75, 3.05) is 12.4 Å². The third-order valence-electron chi connectivity index (χ3n) is 4.25. The van der Waals surface area contributed by atoms with Gasteiger partial charge in [-0.15, -0.1) is 10.2 Å². The molecular formula is C19H21N5O2. The number of nitrogens with one attached hydrogen (secondary N) is 2. The Morgan fingerprint density at radius 3 is 2.73 bits per heavy atom. The van der Waals surface area contributed by atoms with E-state index in [2.05, 4.69) is 25.9 Å². The summed E-state index contributed by atoms with van der Waals surface area (Å²) in [4.78, 5) is 13.0. The number of carbonyl (C=O) groups is 1. The van der Waals surface area contributed by atoms with E-state index in [1.165, 1.54) is 0 Å². The fourth-order valence-electron chi connectivity index (χ4n) is 2.88. The molecule has 1 amide bonds. The maximum absolute atomic E-state index is 13.0. The molecule has 0 saturated heterocycles. The van der Waals surface area contributed by atoms with Gasteiger partial charge in [0.15, 0.2) is 5.82 Å². The van der Waals surface area contributed by atoms with Crippen LogP contribution in [0.25, 0.3) is 0 Å². The molecule has 0 spiro atoms. The highest BCUT2D eigenvalue weighted by atomic mass is 16.5. The second-order valence-corrected chi connectivity index (χ2v) is 6.15. The number of nitrogens with zero attached hydrogens (tertiary/aromatic N) is 3. The number of para-hydroxylation sites is 1. The molecule has 0 aliphatic heterocycles. The number of carbonyl (C=O) groups excluding carboxylic acids is 1. The standard InChI is InChI=1S/C19H21N5O2/c1-12-8-9-16(13(2)10-12)20-19(25)15(18-21-23-24-22-18)11-14-6-4-5-7-17(14)26-3/h4-10,15H,11H2,1-3H3,(H,20,25)(H,21,22,23,24). The molecule has 3 aromatic rings. The van der Waals surface area contributed by atoms with Gasteiger partial charge >= 0.3 is 0 Å². The average molecular weight is 351 g/mol. The van der Waals surface area contributed by atoms with E-state index in [-0.39, 0.29) is 5.91 Å². The van der Waals surface area contributed by atoms with Gasteiger partial charge in [-0.1, -0.05) is 41.1 Å². The minimum atomic E-state index is -0.592. The van der Waals surface area contributed by atoms with Crippen molar-refractivity contribution in [3.05, 3.63) is 65.0 Å². The molecule has 26 heavy (non-hydrogen) atoms. The summed E-state index contributed by atoms with van der Waals surface area (Å²) in [7, 11) is 1.61. The van der Waals surface area contributed by atoms with Crippen molar-refractivity contribution < 1.29 is 9.53 Å². The van der Waals surface area contributed by atoms with Crippen molar-refractivity contribution in [2.45, 2.75) is 26.2 Å². The Balaban J connectivity index is 1.88. The molecule has 7 nitrogen and oxygen atoms in total. The van der Waals surface area contributed by atoms with E-state index in [0.29, 0.717) is 12.2 Å². The topological polar surface area (TPSA) is 92.8 Å². The Bertz CT molecular complexity index is 893. The normalized spacial score (nSPS) is 11.8. The van der Waals surface area contributed by atoms with Crippen LogP contribution in [-0.4, -0.2) is 33.6 Å². The van der Waals surface area contributed by atoms with E-state index in [1.54, 1.807) is 7.11 Å². The van der Waals surface area contributed by atoms with Crippen LogP contribution in [0.5, 0.6) is 5.75 Å². The molecular weight excluding hydrogens is 330 g/mol. The molecule has 7 heteroatoms. The number of aromatic nitrogens is 4. The number of benzene rings is 2. The minimum absolute atomic E-state index is 0.191. The molecule has 1 unspecified atom stereocenters. The fraction of sp³-hybridized carbons (Fsp3) is 0.263. The summed E-state index contributed by atoms with van der Waals surface area (Å²) in [6, 6.07) is 13.5. The number of methoxy groups -OCH3 is 1. The Labute approximate surface area is 151 Å². The van der Waals surface area contributed by atoms with Crippen LogP contribution < -0.4 is 10.1 Å². The number of hydrogen-bond donors (Lipinski definition) is 2. The monoisotopic (exact) mass is 351 g/mol. The van der Waals surface area contributed by atoms with Crippen LogP contribution in [0, 0.1) is 13.8 Å². The van der Waals surface area contributed by atoms with Crippen LogP contribution >= 0.6 is 0 Å². The molecule has 0 radical (unpaired) electrons. The van der Waals surface area contributed by atoms with Gasteiger partial charge in [-0.25, -0.2) is 0 Å². The largest absolute Gasteiger partial charge is 0.496 e. The van der Waals surface area contributed by atoms with Crippen LogP contribution in [0.1, 0.15) is 28.4 Å². The lowest BCUT2D eigenvalue weighted by Crippen LogP contribution is -2.24. The smallest absolute Gasteiger partial charge is 0.235 e. The first-order valence-electron chi connectivity index (χ1n) is 8.32. The third kappa shape index (κ3) is 3.88. The molecule has 0 fully saturated rings. The summed E-state index contributed by atoms with van der Waals surface area (Å²) in [5.74, 6) is 0.286. The van der Waals surface area contributed by atoms with Gasteiger partial charge in [0, 0.05) is 5.69 Å². The van der Waals surface area contributed by atoms with Gasteiger partial charge in [0.2, 0.25) is 5.91 Å². The van der Waals surface area contributed by atoms with Crippen LogP contribution in [0.15, 0.2) is 42.5 Å². The lowest BCUT2D eigenvalue weighted by Gasteiger charge is -2.16. The van der Waals surface area contributed by atoms with Crippen molar-refractivity contribution in [1.82, 2.24) is 20.6 Å². The zero-order valence-electron chi connectivity index (χ0n) is 15.0. The first-order valence-corrected chi connectivity index (χ1v) is 8.32. The van der Waals surface area contributed by atoms with Gasteiger partial charge in [-0.05, 0) is 43.5 Å². The number of hydrogen-bond acceptors (Lipinski definition) is 5. The highest BCUT2D eigenvalue weighted by Gasteiger charge is 2.27. The molecule has 0 aliphatic rings. The molecule has 134 valence electrons. The number of ether oxygens (including phenoxy) is 1. The third-order valence-corrected chi connectivity index (χ3v) is 4.25. The van der Waals surface area contributed by atoms with E-state index in [0.717, 1.165) is 28.1 Å². The lowest BCUT2D eigenvalue weighted by molar-refractivity contribution is -0.117. The number of anilines is 1. The summed E-state index contributed by atoms with van der Waals surface area (Å²) in [5, 5.41) is 17.0. The van der Waals surface area contributed by atoms with Crippen LogP contribution in [0.3, 0.4) is 0 Å². The maximum Gasteiger partial charge on any atom is 0.235 e. The summed E-state index contributed by atoms with van der Waals surface area (Å²) in [6.07, 6.45) is 0.403. The van der Waals surface area contributed by atoms with Crippen LogP contribution in [0.4, 0.5) is 5.69 Å². The van der Waals surface area contributed by atoms with Gasteiger partial charge in [0.05, 0.1) is 7.11 Å². The van der Waals surface area contributed by atoms with Crippen molar-refractivity contribution in [3.63, 3.8) is 0 Å². The van der Waals surface area contributed by atoms with Crippen molar-refractivity contribution in [1.29, 1.82) is 0 Å². The Kier molecular flexibility index (Phi) is 5.26. The highest BCUT2D eigenvalue weighted by Crippen LogP contribution is 2.26. The molecule has 0 aliphatic carbocycles. The van der Waals surface area contributed by atoms with Gasteiger partial charge in [0.1, 0.15) is 11.7 Å². The van der Waals surface area contributed by atoms with Crippen molar-refractivity contribution in [2.24, 2.45) is 0 Å². The first kappa shape index (κ1) is 17.6. The van der Waals surface area contributed by atoms with Gasteiger partial charge in [0.25, 0.3) is 0 Å². The summed E-state index contributed by atoms with van der Waals surface area (Å²) < 4.78 is 5.40. The molecule has 2 aromatic carbocycles. The molecule has 1 heterocycles. The van der Waals surface area contributed by atoms with E-state index >= 15 is 0 Å². The minimum Gasteiger partial charge on any atom is -0.496 e. The van der Waals surface area contributed by atoms with E-state index in [4.69, 9.17) is 4.74 Å². The number of rotatable bonds is 6. The van der Waals surface area contributed by atoms with Gasteiger partial charge in [-0.2, -0.15) is 5.21 Å². The molecule has 0 bridgehead atoms. The zero-order valence-corrected chi connectivity index (χ0v) is 15.0. The number of amides is 1. The first-order chi connectivity index (χ1) is 12.6. The SMILES string of the molecule is COc1ccccc1CC(C(=O)Nc1ccc(C)cc1C)c1nn[nH]n1. The highest BCUT2D eigenvalue weighted by molar-refractivity contribution is 5.96. The molecule has 2 N–H and O–H groups in total. The summed E-state index contributed by atoms with van der Waals surface area (Å²) in [6.45, 7) is 3.98. The zero-order chi connectivity index (χ0) is 18.5. The predicted molar refractivity (Wildman–Crippen MR) is 98.2 cm³/mol. The van der Waals surface area contributed by atoms with Crippen molar-refractivity contribution in [3.8, 4) is 5.75 Å². The molecule has 3 rings (SSSR count).